The van der Waals surface area contributed by atoms with E-state index in [9.17, 15) is 0 Å². The molecular weight excluding hydrogens is 310 g/mol. The van der Waals surface area contributed by atoms with Crippen LogP contribution < -0.4 is 15.2 Å². The van der Waals surface area contributed by atoms with Crippen molar-refractivity contribution in [3.63, 3.8) is 0 Å². The summed E-state index contributed by atoms with van der Waals surface area (Å²) >= 11 is 0. The summed E-state index contributed by atoms with van der Waals surface area (Å²) in [4.78, 5) is 0. The number of ether oxygens (including phenoxy) is 2. The first-order valence-corrected chi connectivity index (χ1v) is 7.76. The van der Waals surface area contributed by atoms with Gasteiger partial charge in [0.25, 0.3) is 0 Å². The normalized spacial score (nSPS) is 12.9. The van der Waals surface area contributed by atoms with Crippen molar-refractivity contribution in [2.24, 2.45) is 11.7 Å². The van der Waals surface area contributed by atoms with Crippen LogP contribution in [0.25, 0.3) is 0 Å². The van der Waals surface area contributed by atoms with Gasteiger partial charge in [0, 0.05) is 6.04 Å². The minimum absolute atomic E-state index is 0. The SMILES string of the molecule is CCC(C)[C@H](N)c1ccc(OCc2ccccc2)c(OC)c1.Cl. The molecule has 0 aliphatic rings. The number of hydrogen-bond acceptors (Lipinski definition) is 3. The second kappa shape index (κ2) is 9.43. The zero-order chi connectivity index (χ0) is 15.9. The molecule has 4 heteroatoms. The van der Waals surface area contributed by atoms with Crippen molar-refractivity contribution in [2.45, 2.75) is 32.9 Å². The van der Waals surface area contributed by atoms with Crippen LogP contribution in [0.5, 0.6) is 11.5 Å². The van der Waals surface area contributed by atoms with E-state index in [2.05, 4.69) is 13.8 Å². The molecule has 0 saturated heterocycles. The summed E-state index contributed by atoms with van der Waals surface area (Å²) in [6, 6.07) is 16.1. The van der Waals surface area contributed by atoms with Gasteiger partial charge in [-0.2, -0.15) is 0 Å². The van der Waals surface area contributed by atoms with Crippen LogP contribution in [-0.4, -0.2) is 7.11 Å². The van der Waals surface area contributed by atoms with Crippen LogP contribution >= 0.6 is 12.4 Å². The second-order valence-electron chi connectivity index (χ2n) is 5.60. The Morgan fingerprint density at radius 3 is 2.35 bits per heavy atom. The van der Waals surface area contributed by atoms with Gasteiger partial charge in [-0.05, 0) is 29.2 Å². The van der Waals surface area contributed by atoms with Crippen LogP contribution in [0.1, 0.15) is 37.4 Å². The number of hydrogen-bond donors (Lipinski definition) is 1. The maximum absolute atomic E-state index is 6.29. The van der Waals surface area contributed by atoms with E-state index in [1.807, 2.05) is 48.5 Å². The molecule has 2 aromatic carbocycles. The Bertz CT molecular complexity index is 589. The highest BCUT2D eigenvalue weighted by Crippen LogP contribution is 2.32. The number of nitrogens with two attached hydrogens (primary N) is 1. The second-order valence-corrected chi connectivity index (χ2v) is 5.60. The van der Waals surface area contributed by atoms with Crippen LogP contribution in [0, 0.1) is 5.92 Å². The lowest BCUT2D eigenvalue weighted by molar-refractivity contribution is 0.284. The van der Waals surface area contributed by atoms with E-state index >= 15 is 0 Å². The van der Waals surface area contributed by atoms with E-state index in [0.717, 1.165) is 29.0 Å². The average Bonchev–Trinajstić information content (AvgIpc) is 2.59. The van der Waals surface area contributed by atoms with Crippen molar-refractivity contribution in [3.05, 3.63) is 59.7 Å². The Morgan fingerprint density at radius 2 is 1.74 bits per heavy atom. The molecule has 2 rings (SSSR count). The Kier molecular flexibility index (Phi) is 7.93. The highest BCUT2D eigenvalue weighted by molar-refractivity contribution is 5.85. The van der Waals surface area contributed by atoms with Crippen molar-refractivity contribution in [2.75, 3.05) is 7.11 Å². The zero-order valence-electron chi connectivity index (χ0n) is 14.0. The molecule has 126 valence electrons. The fourth-order valence-corrected chi connectivity index (χ4v) is 2.33. The Morgan fingerprint density at radius 1 is 1.04 bits per heavy atom. The molecule has 0 aliphatic carbocycles. The van der Waals surface area contributed by atoms with E-state index in [4.69, 9.17) is 15.2 Å². The molecule has 0 heterocycles. The van der Waals surface area contributed by atoms with Gasteiger partial charge in [-0.3, -0.25) is 0 Å². The van der Waals surface area contributed by atoms with E-state index in [1.165, 1.54) is 0 Å². The summed E-state index contributed by atoms with van der Waals surface area (Å²) in [5.41, 5.74) is 8.50. The molecule has 2 atom stereocenters. The Labute approximate surface area is 145 Å². The summed E-state index contributed by atoms with van der Waals surface area (Å²) < 4.78 is 11.3. The topological polar surface area (TPSA) is 44.5 Å². The molecule has 0 aromatic heterocycles. The van der Waals surface area contributed by atoms with Crippen molar-refractivity contribution in [3.8, 4) is 11.5 Å². The predicted octanol–water partition coefficient (Wildman–Crippen LogP) is 4.74. The van der Waals surface area contributed by atoms with Gasteiger partial charge >= 0.3 is 0 Å². The van der Waals surface area contributed by atoms with Crippen LogP contribution in [0.2, 0.25) is 0 Å². The van der Waals surface area contributed by atoms with Crippen molar-refractivity contribution in [1.29, 1.82) is 0 Å². The highest BCUT2D eigenvalue weighted by atomic mass is 35.5. The summed E-state index contributed by atoms with van der Waals surface area (Å²) in [7, 11) is 1.66. The molecule has 0 fully saturated rings. The highest BCUT2D eigenvalue weighted by Gasteiger charge is 2.15. The molecule has 2 aromatic rings. The molecule has 0 bridgehead atoms. The van der Waals surface area contributed by atoms with Gasteiger partial charge < -0.3 is 15.2 Å². The lowest BCUT2D eigenvalue weighted by atomic mass is 9.93. The first-order valence-electron chi connectivity index (χ1n) is 7.76. The molecule has 0 aliphatic heterocycles. The van der Waals surface area contributed by atoms with Gasteiger partial charge in [0.05, 0.1) is 7.11 Å². The van der Waals surface area contributed by atoms with Gasteiger partial charge in [0.15, 0.2) is 11.5 Å². The molecule has 0 amide bonds. The molecule has 0 saturated carbocycles. The van der Waals surface area contributed by atoms with Crippen LogP contribution in [0.15, 0.2) is 48.5 Å². The van der Waals surface area contributed by atoms with Gasteiger partial charge in [-0.15, -0.1) is 12.4 Å². The maximum atomic E-state index is 6.29. The lowest BCUT2D eigenvalue weighted by Gasteiger charge is -2.20. The van der Waals surface area contributed by atoms with Gasteiger partial charge in [0.1, 0.15) is 6.61 Å². The number of benzene rings is 2. The van der Waals surface area contributed by atoms with E-state index in [-0.39, 0.29) is 18.4 Å². The van der Waals surface area contributed by atoms with Crippen LogP contribution in [0.3, 0.4) is 0 Å². The molecule has 3 nitrogen and oxygen atoms in total. The first kappa shape index (κ1) is 19.3. The summed E-state index contributed by atoms with van der Waals surface area (Å²) in [6.45, 7) is 4.84. The minimum atomic E-state index is 0. The lowest BCUT2D eigenvalue weighted by Crippen LogP contribution is -2.18. The average molecular weight is 336 g/mol. The Hall–Kier alpha value is -1.71. The molecule has 0 spiro atoms. The third-order valence-electron chi connectivity index (χ3n) is 4.07. The van der Waals surface area contributed by atoms with Crippen LogP contribution in [-0.2, 0) is 6.61 Å². The molecule has 23 heavy (non-hydrogen) atoms. The zero-order valence-corrected chi connectivity index (χ0v) is 14.8. The third kappa shape index (κ3) is 5.15. The van der Waals surface area contributed by atoms with Gasteiger partial charge in [-0.25, -0.2) is 0 Å². The maximum Gasteiger partial charge on any atom is 0.161 e. The van der Waals surface area contributed by atoms with Crippen molar-refractivity contribution < 1.29 is 9.47 Å². The monoisotopic (exact) mass is 335 g/mol. The minimum Gasteiger partial charge on any atom is -0.493 e. The standard InChI is InChI=1S/C19H25NO2.ClH/c1-4-14(2)19(20)16-10-11-17(18(12-16)21-3)22-13-15-8-6-5-7-9-15;/h5-12,14,19H,4,13,20H2,1-3H3;1H/t14?,19-;/m0./s1. The quantitative estimate of drug-likeness (QED) is 0.794. The summed E-state index contributed by atoms with van der Waals surface area (Å²) in [6.07, 6.45) is 1.05. The fraction of sp³-hybridized carbons (Fsp3) is 0.368. The molecule has 1 unspecified atom stereocenters. The van der Waals surface area contributed by atoms with E-state index < -0.39 is 0 Å². The van der Waals surface area contributed by atoms with Gasteiger partial charge in [0.2, 0.25) is 0 Å². The van der Waals surface area contributed by atoms with E-state index in [1.54, 1.807) is 7.11 Å². The number of rotatable bonds is 7. The van der Waals surface area contributed by atoms with Crippen molar-refractivity contribution >= 4 is 12.4 Å². The molecule has 2 N–H and O–H groups in total. The fourth-order valence-electron chi connectivity index (χ4n) is 2.33. The third-order valence-corrected chi connectivity index (χ3v) is 4.07. The smallest absolute Gasteiger partial charge is 0.161 e. The first-order chi connectivity index (χ1) is 10.7. The van der Waals surface area contributed by atoms with Gasteiger partial charge in [-0.1, -0.05) is 56.7 Å². The number of halogens is 1. The number of methoxy groups -OCH3 is 1. The molecule has 0 radical (unpaired) electrons. The van der Waals surface area contributed by atoms with Crippen molar-refractivity contribution in [1.82, 2.24) is 0 Å². The summed E-state index contributed by atoms with van der Waals surface area (Å²) in [5, 5.41) is 0. The van der Waals surface area contributed by atoms with Crippen LogP contribution in [0.4, 0.5) is 0 Å². The largest absolute Gasteiger partial charge is 0.493 e. The van der Waals surface area contributed by atoms with E-state index in [0.29, 0.717) is 12.5 Å². The predicted molar refractivity (Wildman–Crippen MR) is 97.4 cm³/mol. The Balaban J connectivity index is 0.00000264. The molecular formula is C19H26ClNO2. The summed E-state index contributed by atoms with van der Waals surface area (Å²) in [5.74, 6) is 1.90.